The highest BCUT2D eigenvalue weighted by molar-refractivity contribution is 5.94. The van der Waals surface area contributed by atoms with Crippen LogP contribution in [0, 0.1) is 29.9 Å². The molecule has 1 amide bonds. The Morgan fingerprint density at radius 1 is 1.27 bits per heavy atom. The van der Waals surface area contributed by atoms with Crippen LogP contribution in [0.2, 0.25) is 0 Å². The Morgan fingerprint density at radius 2 is 2.08 bits per heavy atom. The van der Waals surface area contributed by atoms with Crippen molar-refractivity contribution in [3.8, 4) is 0 Å². The number of aryl methyl sites for hydroxylation is 2. The summed E-state index contributed by atoms with van der Waals surface area (Å²) in [5.41, 5.74) is 2.09. The van der Waals surface area contributed by atoms with E-state index in [2.05, 4.69) is 20.4 Å². The Kier molecular flexibility index (Phi) is 5.11. The van der Waals surface area contributed by atoms with Gasteiger partial charge in [-0.25, -0.2) is 0 Å². The van der Waals surface area contributed by atoms with E-state index in [-0.39, 0.29) is 17.5 Å². The van der Waals surface area contributed by atoms with Crippen LogP contribution in [0.3, 0.4) is 0 Å². The van der Waals surface area contributed by atoms with Crippen molar-refractivity contribution in [2.45, 2.75) is 26.7 Å². The molecule has 8 heteroatoms. The fourth-order valence-electron chi connectivity index (χ4n) is 3.05. The predicted octanol–water partition coefficient (Wildman–Crippen LogP) is 2.86. The van der Waals surface area contributed by atoms with Gasteiger partial charge in [0.25, 0.3) is 5.69 Å². The van der Waals surface area contributed by atoms with Crippen molar-refractivity contribution in [1.82, 2.24) is 10.2 Å². The number of carbonyl (C=O) groups is 1. The molecule has 1 unspecified atom stereocenters. The number of amides is 1. The van der Waals surface area contributed by atoms with E-state index in [9.17, 15) is 14.9 Å². The molecule has 0 aliphatic carbocycles. The molecule has 1 saturated heterocycles. The van der Waals surface area contributed by atoms with Crippen molar-refractivity contribution >= 4 is 23.1 Å². The van der Waals surface area contributed by atoms with Crippen LogP contribution in [0.4, 0.5) is 17.2 Å². The number of piperidine rings is 1. The molecule has 1 fully saturated rings. The molecule has 1 aromatic heterocycles. The third-order valence-corrected chi connectivity index (χ3v) is 4.59. The van der Waals surface area contributed by atoms with Crippen molar-refractivity contribution in [1.29, 1.82) is 0 Å². The van der Waals surface area contributed by atoms with Gasteiger partial charge in [-0.2, -0.15) is 5.10 Å². The minimum Gasteiger partial charge on any atom is -0.354 e. The summed E-state index contributed by atoms with van der Waals surface area (Å²) < 4.78 is 0. The summed E-state index contributed by atoms with van der Waals surface area (Å²) in [4.78, 5) is 25.2. The van der Waals surface area contributed by atoms with Gasteiger partial charge in [-0.05, 0) is 44.4 Å². The van der Waals surface area contributed by atoms with Crippen LogP contribution in [0.5, 0.6) is 0 Å². The zero-order valence-corrected chi connectivity index (χ0v) is 14.8. The predicted molar refractivity (Wildman–Crippen MR) is 98.2 cm³/mol. The molecule has 0 radical (unpaired) electrons. The Morgan fingerprint density at radius 3 is 2.77 bits per heavy atom. The Bertz CT molecular complexity index is 822. The SMILES string of the molecule is Cc1ccc(N2CCCC(C(=O)Nc3cc([N+](=O)[O-])ccc3C)C2)nn1. The van der Waals surface area contributed by atoms with E-state index in [0.29, 0.717) is 12.2 Å². The second-order valence-corrected chi connectivity index (χ2v) is 6.56. The van der Waals surface area contributed by atoms with E-state index in [1.54, 1.807) is 6.07 Å². The maximum Gasteiger partial charge on any atom is 0.271 e. The van der Waals surface area contributed by atoms with Crippen LogP contribution in [0.1, 0.15) is 24.1 Å². The van der Waals surface area contributed by atoms with E-state index in [0.717, 1.165) is 36.5 Å². The van der Waals surface area contributed by atoms with Crippen molar-refractivity contribution in [2.24, 2.45) is 5.92 Å². The molecule has 1 N–H and O–H groups in total. The van der Waals surface area contributed by atoms with Crippen LogP contribution >= 0.6 is 0 Å². The molecule has 3 rings (SSSR count). The number of benzene rings is 1. The fourth-order valence-corrected chi connectivity index (χ4v) is 3.05. The van der Waals surface area contributed by atoms with Gasteiger partial charge in [-0.1, -0.05) is 6.07 Å². The maximum atomic E-state index is 12.7. The monoisotopic (exact) mass is 355 g/mol. The van der Waals surface area contributed by atoms with Gasteiger partial charge in [0.15, 0.2) is 5.82 Å². The summed E-state index contributed by atoms with van der Waals surface area (Å²) >= 11 is 0. The molecule has 1 aliphatic rings. The first-order chi connectivity index (χ1) is 12.4. The summed E-state index contributed by atoms with van der Waals surface area (Å²) in [6, 6.07) is 8.29. The van der Waals surface area contributed by atoms with Gasteiger partial charge in [0.2, 0.25) is 5.91 Å². The lowest BCUT2D eigenvalue weighted by Gasteiger charge is -2.32. The van der Waals surface area contributed by atoms with Gasteiger partial charge in [0.1, 0.15) is 0 Å². The van der Waals surface area contributed by atoms with Gasteiger partial charge in [-0.3, -0.25) is 14.9 Å². The minimum absolute atomic E-state index is 0.0360. The number of non-ortho nitro benzene ring substituents is 1. The zero-order chi connectivity index (χ0) is 18.7. The first kappa shape index (κ1) is 17.8. The summed E-state index contributed by atoms with van der Waals surface area (Å²) in [7, 11) is 0. The third-order valence-electron chi connectivity index (χ3n) is 4.59. The highest BCUT2D eigenvalue weighted by atomic mass is 16.6. The molecule has 2 aromatic rings. The summed E-state index contributed by atoms with van der Waals surface area (Å²) in [5.74, 6) is 0.434. The van der Waals surface area contributed by atoms with Crippen molar-refractivity contribution in [2.75, 3.05) is 23.3 Å². The molecular formula is C18H21N5O3. The highest BCUT2D eigenvalue weighted by Gasteiger charge is 2.27. The number of carbonyl (C=O) groups excluding carboxylic acids is 1. The lowest BCUT2D eigenvalue weighted by molar-refractivity contribution is -0.384. The second kappa shape index (κ2) is 7.47. The average molecular weight is 355 g/mol. The zero-order valence-electron chi connectivity index (χ0n) is 14.8. The molecule has 136 valence electrons. The van der Waals surface area contributed by atoms with Crippen molar-refractivity contribution < 1.29 is 9.72 Å². The van der Waals surface area contributed by atoms with Gasteiger partial charge < -0.3 is 10.2 Å². The topological polar surface area (TPSA) is 101 Å². The summed E-state index contributed by atoms with van der Waals surface area (Å²) in [6.45, 7) is 5.08. The Balaban J connectivity index is 1.71. The van der Waals surface area contributed by atoms with Crippen molar-refractivity contribution in [3.05, 3.63) is 51.7 Å². The maximum absolute atomic E-state index is 12.7. The molecule has 0 bridgehead atoms. The number of nitro benzene ring substituents is 1. The number of hydrogen-bond acceptors (Lipinski definition) is 6. The van der Waals surface area contributed by atoms with E-state index in [1.165, 1.54) is 12.1 Å². The van der Waals surface area contributed by atoms with Gasteiger partial charge in [0, 0.05) is 25.2 Å². The quantitative estimate of drug-likeness (QED) is 0.668. The standard InChI is InChI=1S/C18H21N5O3/c1-12-5-7-15(23(25)26)10-16(12)19-18(24)14-4-3-9-22(11-14)17-8-6-13(2)20-21-17/h5-8,10,14H,3-4,9,11H2,1-2H3,(H,19,24). The van der Waals surface area contributed by atoms with Crippen LogP contribution < -0.4 is 10.2 Å². The third kappa shape index (κ3) is 3.96. The van der Waals surface area contributed by atoms with Crippen molar-refractivity contribution in [3.63, 3.8) is 0 Å². The van der Waals surface area contributed by atoms with Crippen LogP contribution in [-0.2, 0) is 4.79 Å². The van der Waals surface area contributed by atoms with E-state index >= 15 is 0 Å². The molecule has 1 aromatic carbocycles. The minimum atomic E-state index is -0.465. The molecule has 0 spiro atoms. The van der Waals surface area contributed by atoms with Crippen LogP contribution in [-0.4, -0.2) is 34.1 Å². The number of rotatable bonds is 4. The number of nitrogens with one attached hydrogen (secondary N) is 1. The lowest BCUT2D eigenvalue weighted by atomic mass is 9.97. The summed E-state index contributed by atoms with van der Waals surface area (Å²) in [6.07, 6.45) is 1.65. The molecule has 1 aliphatic heterocycles. The number of nitrogens with zero attached hydrogens (tertiary/aromatic N) is 4. The summed E-state index contributed by atoms with van der Waals surface area (Å²) in [5, 5.41) is 22.1. The van der Waals surface area contributed by atoms with E-state index < -0.39 is 4.92 Å². The first-order valence-corrected chi connectivity index (χ1v) is 8.55. The Labute approximate surface area is 151 Å². The molecule has 8 nitrogen and oxygen atoms in total. The lowest BCUT2D eigenvalue weighted by Crippen LogP contribution is -2.41. The average Bonchev–Trinajstić information content (AvgIpc) is 2.64. The first-order valence-electron chi connectivity index (χ1n) is 8.55. The largest absolute Gasteiger partial charge is 0.354 e. The second-order valence-electron chi connectivity index (χ2n) is 6.56. The van der Waals surface area contributed by atoms with E-state index in [4.69, 9.17) is 0 Å². The van der Waals surface area contributed by atoms with Crippen LogP contribution in [0.15, 0.2) is 30.3 Å². The van der Waals surface area contributed by atoms with Gasteiger partial charge in [0.05, 0.1) is 22.2 Å². The molecule has 2 heterocycles. The fraction of sp³-hybridized carbons (Fsp3) is 0.389. The molecule has 0 saturated carbocycles. The number of nitro groups is 1. The van der Waals surface area contributed by atoms with Gasteiger partial charge >= 0.3 is 0 Å². The normalized spacial score (nSPS) is 17.0. The number of hydrogen-bond donors (Lipinski definition) is 1. The van der Waals surface area contributed by atoms with E-state index in [1.807, 2.05) is 26.0 Å². The molecular weight excluding hydrogens is 334 g/mol. The Hall–Kier alpha value is -3.03. The molecule has 1 atom stereocenters. The van der Waals surface area contributed by atoms with Gasteiger partial charge in [-0.15, -0.1) is 5.10 Å². The number of aromatic nitrogens is 2. The highest BCUT2D eigenvalue weighted by Crippen LogP contribution is 2.25. The van der Waals surface area contributed by atoms with Crippen LogP contribution in [0.25, 0.3) is 0 Å². The smallest absolute Gasteiger partial charge is 0.271 e. The molecule has 26 heavy (non-hydrogen) atoms. The number of anilines is 2.